The Morgan fingerprint density at radius 2 is 1.60 bits per heavy atom. The van der Waals surface area contributed by atoms with Crippen LogP contribution in [0.4, 0.5) is 0 Å². The molecule has 0 fully saturated rings. The van der Waals surface area contributed by atoms with Gasteiger partial charge in [-0.1, -0.05) is 58.3 Å². The number of ketones is 1. The molecule has 0 aromatic heterocycles. The van der Waals surface area contributed by atoms with E-state index in [0.29, 0.717) is 12.0 Å². The van der Waals surface area contributed by atoms with Gasteiger partial charge < -0.3 is 0 Å². The molecule has 3 nitrogen and oxygen atoms in total. The molecule has 0 aliphatic carbocycles. The second-order valence-electron chi connectivity index (χ2n) is 5.57. The van der Waals surface area contributed by atoms with E-state index in [-0.39, 0.29) is 18.1 Å². The summed E-state index contributed by atoms with van der Waals surface area (Å²) in [6, 6.07) is 0. The number of carbonyl (C=O) groups excluding carboxylic acids is 2. The largest absolute Gasteiger partial charge is 0.299 e. The summed E-state index contributed by atoms with van der Waals surface area (Å²) in [5, 5.41) is 0. The van der Waals surface area contributed by atoms with Crippen molar-refractivity contribution in [3.63, 3.8) is 0 Å². The monoisotopic (exact) mass is 277 g/mol. The average molecular weight is 277 g/mol. The first kappa shape index (κ1) is 16.8. The molecule has 1 rings (SSSR count). The molecule has 20 heavy (non-hydrogen) atoms. The molecule has 3 heteroatoms. The molecule has 0 aromatic carbocycles. The number of unbranched alkanes of at least 4 members (excludes halogenated alkanes) is 8. The maximum Gasteiger partial charge on any atom is 0.273 e. The van der Waals surface area contributed by atoms with Crippen LogP contribution in [0, 0.1) is 0 Å². The van der Waals surface area contributed by atoms with Gasteiger partial charge in [0.25, 0.3) is 5.91 Å². The summed E-state index contributed by atoms with van der Waals surface area (Å²) in [6.07, 6.45) is 15.3. The lowest BCUT2D eigenvalue weighted by Crippen LogP contribution is -2.04. The van der Waals surface area contributed by atoms with Crippen molar-refractivity contribution in [2.24, 2.45) is 4.99 Å². The van der Waals surface area contributed by atoms with Crippen molar-refractivity contribution in [2.75, 3.05) is 0 Å². The molecule has 0 atom stereocenters. The predicted molar refractivity (Wildman–Crippen MR) is 83.1 cm³/mol. The zero-order valence-electron chi connectivity index (χ0n) is 12.7. The van der Waals surface area contributed by atoms with Gasteiger partial charge in [-0.05, 0) is 12.5 Å². The fourth-order valence-corrected chi connectivity index (χ4v) is 2.42. The van der Waals surface area contributed by atoms with Crippen LogP contribution in [0.1, 0.15) is 77.6 Å². The first-order valence-corrected chi connectivity index (χ1v) is 8.03. The molecule has 0 spiro atoms. The molecule has 1 aliphatic rings. The van der Waals surface area contributed by atoms with Crippen LogP contribution < -0.4 is 0 Å². The Hall–Kier alpha value is -1.25. The van der Waals surface area contributed by atoms with Crippen molar-refractivity contribution in [2.45, 2.75) is 77.6 Å². The third-order valence-electron chi connectivity index (χ3n) is 3.69. The minimum atomic E-state index is -0.245. The first-order chi connectivity index (χ1) is 9.74. The van der Waals surface area contributed by atoms with Gasteiger partial charge in [-0.15, -0.1) is 0 Å². The molecule has 0 radical (unpaired) electrons. The van der Waals surface area contributed by atoms with Crippen LogP contribution in [0.3, 0.4) is 0 Å². The van der Waals surface area contributed by atoms with Gasteiger partial charge in [0.05, 0.1) is 0 Å². The Balaban J connectivity index is 1.91. The second kappa shape index (κ2) is 10.5. The quantitative estimate of drug-likeness (QED) is 0.496. The van der Waals surface area contributed by atoms with Gasteiger partial charge in [0.2, 0.25) is 0 Å². The maximum absolute atomic E-state index is 11.7. The number of nitrogens with zero attached hydrogens (tertiary/aromatic N) is 1. The predicted octanol–water partition coefficient (Wildman–Crippen LogP) is 4.40. The van der Waals surface area contributed by atoms with Crippen LogP contribution in [-0.4, -0.2) is 17.9 Å². The molecule has 1 amide bonds. The molecule has 0 N–H and O–H groups in total. The minimum Gasteiger partial charge on any atom is -0.299 e. The lowest BCUT2D eigenvalue weighted by molar-refractivity contribution is -0.120. The van der Waals surface area contributed by atoms with Crippen LogP contribution >= 0.6 is 0 Å². The summed E-state index contributed by atoms with van der Waals surface area (Å²) < 4.78 is 0. The highest BCUT2D eigenvalue weighted by Crippen LogP contribution is 2.14. The Morgan fingerprint density at radius 1 is 1.00 bits per heavy atom. The van der Waals surface area contributed by atoms with E-state index >= 15 is 0 Å². The van der Waals surface area contributed by atoms with Crippen LogP contribution in [-0.2, 0) is 9.59 Å². The number of allylic oxidation sites excluding steroid dienone is 1. The molecule has 1 aliphatic heterocycles. The van der Waals surface area contributed by atoms with Gasteiger partial charge in [0, 0.05) is 24.6 Å². The first-order valence-electron chi connectivity index (χ1n) is 8.03. The number of Topliss-reactive ketones (excluding diaryl/α,β-unsaturated/α-hetero) is 1. The van der Waals surface area contributed by atoms with E-state index in [1.165, 1.54) is 51.2 Å². The Morgan fingerprint density at radius 3 is 2.15 bits per heavy atom. The number of rotatable bonds is 12. The Kier molecular flexibility index (Phi) is 8.84. The van der Waals surface area contributed by atoms with E-state index < -0.39 is 0 Å². The van der Waals surface area contributed by atoms with Crippen LogP contribution in [0.15, 0.2) is 16.6 Å². The topological polar surface area (TPSA) is 46.5 Å². The lowest BCUT2D eigenvalue weighted by atomic mass is 10.0. The minimum absolute atomic E-state index is 0.165. The summed E-state index contributed by atoms with van der Waals surface area (Å²) in [5.41, 5.74) is 0.547. The molecule has 0 unspecified atom stereocenters. The van der Waals surface area contributed by atoms with Crippen molar-refractivity contribution >= 4 is 17.9 Å². The number of carbonyl (C=O) groups is 2. The van der Waals surface area contributed by atoms with E-state index in [2.05, 4.69) is 11.9 Å². The number of aliphatic imine (C=N–C) groups is 1. The highest BCUT2D eigenvalue weighted by molar-refractivity contribution is 6.10. The van der Waals surface area contributed by atoms with E-state index in [9.17, 15) is 9.59 Å². The van der Waals surface area contributed by atoms with Gasteiger partial charge in [-0.3, -0.25) is 9.59 Å². The van der Waals surface area contributed by atoms with Crippen molar-refractivity contribution < 1.29 is 9.59 Å². The molecular weight excluding hydrogens is 250 g/mol. The average Bonchev–Trinajstić information content (AvgIpc) is 2.82. The second-order valence-corrected chi connectivity index (χ2v) is 5.57. The fourth-order valence-electron chi connectivity index (χ4n) is 2.42. The smallest absolute Gasteiger partial charge is 0.273 e. The van der Waals surface area contributed by atoms with Crippen molar-refractivity contribution in [3.05, 3.63) is 11.6 Å². The van der Waals surface area contributed by atoms with E-state index in [1.807, 2.05) is 0 Å². The normalized spacial score (nSPS) is 13.8. The fraction of sp³-hybridized carbons (Fsp3) is 0.706. The molecule has 112 valence electrons. The summed E-state index contributed by atoms with van der Waals surface area (Å²) in [4.78, 5) is 26.5. The van der Waals surface area contributed by atoms with Gasteiger partial charge in [0.1, 0.15) is 5.78 Å². The molecular formula is C17H27NO2. The molecule has 0 saturated heterocycles. The maximum atomic E-state index is 11.7. The van der Waals surface area contributed by atoms with E-state index in [0.717, 1.165) is 12.8 Å². The van der Waals surface area contributed by atoms with Crippen LogP contribution in [0.5, 0.6) is 0 Å². The summed E-state index contributed by atoms with van der Waals surface area (Å²) >= 11 is 0. The number of amides is 1. The summed E-state index contributed by atoms with van der Waals surface area (Å²) in [7, 11) is 0. The van der Waals surface area contributed by atoms with Gasteiger partial charge in [-0.2, -0.15) is 0 Å². The Bertz CT molecular complexity index is 369. The van der Waals surface area contributed by atoms with E-state index in [1.54, 1.807) is 6.08 Å². The zero-order valence-corrected chi connectivity index (χ0v) is 12.7. The molecule has 1 heterocycles. The van der Waals surface area contributed by atoms with Crippen LogP contribution in [0.2, 0.25) is 0 Å². The molecule has 0 saturated carbocycles. The summed E-state index contributed by atoms with van der Waals surface area (Å²) in [5.74, 6) is -0.0801. The van der Waals surface area contributed by atoms with E-state index in [4.69, 9.17) is 0 Å². The number of hydrogen-bond acceptors (Lipinski definition) is 2. The third kappa shape index (κ3) is 7.37. The van der Waals surface area contributed by atoms with Gasteiger partial charge >= 0.3 is 0 Å². The summed E-state index contributed by atoms with van der Waals surface area (Å²) in [6.45, 7) is 2.23. The van der Waals surface area contributed by atoms with Crippen molar-refractivity contribution in [1.29, 1.82) is 0 Å². The van der Waals surface area contributed by atoms with Gasteiger partial charge in [-0.25, -0.2) is 4.99 Å². The highest BCUT2D eigenvalue weighted by atomic mass is 16.1. The molecule has 0 bridgehead atoms. The molecule has 0 aromatic rings. The number of hydrogen-bond donors (Lipinski definition) is 0. The Labute approximate surface area is 122 Å². The lowest BCUT2D eigenvalue weighted by Gasteiger charge is -2.02. The SMILES string of the molecule is CCCCCCCCCCCC(=O)CC1=CC=NC1=O. The highest BCUT2D eigenvalue weighted by Gasteiger charge is 2.15. The zero-order chi connectivity index (χ0) is 14.6. The van der Waals surface area contributed by atoms with Crippen molar-refractivity contribution in [1.82, 2.24) is 0 Å². The third-order valence-corrected chi connectivity index (χ3v) is 3.69. The van der Waals surface area contributed by atoms with Crippen molar-refractivity contribution in [3.8, 4) is 0 Å². The van der Waals surface area contributed by atoms with Crippen LogP contribution in [0.25, 0.3) is 0 Å². The van der Waals surface area contributed by atoms with Gasteiger partial charge in [0.15, 0.2) is 0 Å². The standard InChI is InChI=1S/C17H27NO2/c1-2-3-4-5-6-7-8-9-10-11-16(19)14-15-12-13-18-17(15)20/h12-13H,2-11,14H2,1H3.